The van der Waals surface area contributed by atoms with E-state index in [1.807, 2.05) is 25.1 Å². The molecule has 6 nitrogen and oxygen atoms in total. The third-order valence-electron chi connectivity index (χ3n) is 3.90. The Morgan fingerprint density at radius 3 is 2.88 bits per heavy atom. The van der Waals surface area contributed by atoms with Gasteiger partial charge in [0.25, 0.3) is 0 Å². The van der Waals surface area contributed by atoms with Gasteiger partial charge in [0.15, 0.2) is 0 Å². The van der Waals surface area contributed by atoms with E-state index < -0.39 is 0 Å². The minimum absolute atomic E-state index is 0.122. The van der Waals surface area contributed by atoms with Crippen molar-refractivity contribution in [1.82, 2.24) is 20.4 Å². The van der Waals surface area contributed by atoms with Crippen molar-refractivity contribution in [3.8, 4) is 0 Å². The minimum Gasteiger partial charge on any atom is -0.336 e. The van der Waals surface area contributed by atoms with Gasteiger partial charge < -0.3 is 10.2 Å². The van der Waals surface area contributed by atoms with Crippen LogP contribution in [0.3, 0.4) is 0 Å². The van der Waals surface area contributed by atoms with Crippen molar-refractivity contribution in [2.45, 2.75) is 24.8 Å². The molecule has 0 unspecified atom stereocenters. The van der Waals surface area contributed by atoms with Crippen LogP contribution in [0.1, 0.15) is 35.4 Å². The maximum absolute atomic E-state index is 13.4. The summed E-state index contributed by atoms with van der Waals surface area (Å²) in [6.45, 7) is 0.358. The normalized spacial score (nSPS) is 15.3. The number of nitrogens with zero attached hydrogens (tertiary/aromatic N) is 3. The third-order valence-corrected chi connectivity index (χ3v) is 4.90. The summed E-state index contributed by atoms with van der Waals surface area (Å²) < 4.78 is 13.4. The molecule has 1 aliphatic carbocycles. The van der Waals surface area contributed by atoms with Crippen molar-refractivity contribution in [3.63, 3.8) is 0 Å². The zero-order valence-electron chi connectivity index (χ0n) is 13.6. The summed E-state index contributed by atoms with van der Waals surface area (Å²) in [5.74, 6) is 0.234. The molecule has 2 amide bonds. The number of aromatic nitrogens is 2. The van der Waals surface area contributed by atoms with Crippen LogP contribution in [0.4, 0.5) is 14.3 Å². The summed E-state index contributed by atoms with van der Waals surface area (Å²) in [5, 5.41) is 15.1. The Hall–Kier alpha value is -2.06. The number of urea groups is 1. The fraction of sp³-hybridized carbons (Fsp3) is 0.438. The van der Waals surface area contributed by atoms with Gasteiger partial charge in [-0.2, -0.15) is 0 Å². The minimum atomic E-state index is -0.336. The number of hydrogen-bond donors (Lipinski definition) is 2. The van der Waals surface area contributed by atoms with Gasteiger partial charge in [0, 0.05) is 12.5 Å². The summed E-state index contributed by atoms with van der Waals surface area (Å²) in [4.78, 5) is 14.0. The predicted octanol–water partition coefficient (Wildman–Crippen LogP) is 2.98. The van der Waals surface area contributed by atoms with Crippen LogP contribution in [0, 0.1) is 5.82 Å². The number of benzene rings is 1. The second-order valence-corrected chi connectivity index (χ2v) is 7.10. The molecular formula is C16H20FN5OS. The van der Waals surface area contributed by atoms with E-state index in [-0.39, 0.29) is 17.9 Å². The molecule has 1 saturated carbocycles. The van der Waals surface area contributed by atoms with Crippen LogP contribution in [0.5, 0.6) is 0 Å². The average molecular weight is 349 g/mol. The number of carbonyl (C=O) groups is 1. The fourth-order valence-corrected chi connectivity index (χ4v) is 3.33. The molecule has 1 aromatic carbocycles. The molecule has 1 aliphatic rings. The first-order valence-corrected chi connectivity index (χ1v) is 8.64. The van der Waals surface area contributed by atoms with Crippen LogP contribution in [0.2, 0.25) is 0 Å². The van der Waals surface area contributed by atoms with E-state index >= 15 is 0 Å². The van der Waals surface area contributed by atoms with Crippen LogP contribution in [-0.4, -0.2) is 41.8 Å². The molecule has 3 rings (SSSR count). The largest absolute Gasteiger partial charge is 0.336 e. The summed E-state index contributed by atoms with van der Waals surface area (Å²) >= 11 is 1.42. The van der Waals surface area contributed by atoms with Crippen LogP contribution < -0.4 is 10.6 Å². The molecule has 0 radical (unpaired) electrons. The first-order valence-electron chi connectivity index (χ1n) is 7.83. The molecular weight excluding hydrogens is 329 g/mol. The maximum atomic E-state index is 13.4. The van der Waals surface area contributed by atoms with E-state index in [0.29, 0.717) is 17.6 Å². The number of likely N-dealkylation sites (N-methyl/N-ethyl adjacent to an activating group) is 1. The Balaban J connectivity index is 1.56. The quantitative estimate of drug-likeness (QED) is 0.841. The Kier molecular flexibility index (Phi) is 5.06. The van der Waals surface area contributed by atoms with Gasteiger partial charge in [0.05, 0.1) is 6.04 Å². The number of amides is 2. The Bertz CT molecular complexity index is 716. The second kappa shape index (κ2) is 7.23. The molecule has 8 heteroatoms. The van der Waals surface area contributed by atoms with Crippen molar-refractivity contribution >= 4 is 22.5 Å². The predicted molar refractivity (Wildman–Crippen MR) is 91.7 cm³/mol. The zero-order chi connectivity index (χ0) is 17.1. The van der Waals surface area contributed by atoms with E-state index in [0.717, 1.165) is 23.4 Å². The van der Waals surface area contributed by atoms with Gasteiger partial charge in [-0.15, -0.1) is 10.2 Å². The summed E-state index contributed by atoms with van der Waals surface area (Å²) in [6.07, 6.45) is 2.30. The molecule has 0 saturated heterocycles. The molecule has 2 N–H and O–H groups in total. The van der Waals surface area contributed by atoms with Crippen LogP contribution in [0.25, 0.3) is 0 Å². The van der Waals surface area contributed by atoms with Gasteiger partial charge >= 0.3 is 6.03 Å². The Morgan fingerprint density at radius 1 is 1.42 bits per heavy atom. The zero-order valence-corrected chi connectivity index (χ0v) is 14.4. The van der Waals surface area contributed by atoms with Gasteiger partial charge in [-0.1, -0.05) is 23.5 Å². The molecule has 1 aromatic heterocycles. The highest BCUT2D eigenvalue weighted by Crippen LogP contribution is 2.41. The number of halogens is 1. The number of rotatable bonds is 6. The molecule has 2 aromatic rings. The topological polar surface area (TPSA) is 70.2 Å². The third kappa shape index (κ3) is 4.27. The smallest absolute Gasteiger partial charge is 0.321 e. The highest BCUT2D eigenvalue weighted by atomic mass is 32.1. The average Bonchev–Trinajstić information content (AvgIpc) is 3.28. The highest BCUT2D eigenvalue weighted by Gasteiger charge is 2.27. The van der Waals surface area contributed by atoms with E-state index in [1.54, 1.807) is 6.07 Å². The summed E-state index contributed by atoms with van der Waals surface area (Å²) in [5.41, 5.74) is 0.812. The lowest BCUT2D eigenvalue weighted by molar-refractivity contribution is 0.243. The monoisotopic (exact) mass is 349 g/mol. The van der Waals surface area contributed by atoms with Gasteiger partial charge in [-0.25, -0.2) is 9.18 Å². The van der Waals surface area contributed by atoms with Crippen molar-refractivity contribution < 1.29 is 9.18 Å². The second-order valence-electron chi connectivity index (χ2n) is 6.09. The van der Waals surface area contributed by atoms with E-state index in [1.165, 1.54) is 23.5 Å². The van der Waals surface area contributed by atoms with E-state index in [9.17, 15) is 9.18 Å². The molecule has 0 bridgehead atoms. The maximum Gasteiger partial charge on any atom is 0.321 e. The van der Waals surface area contributed by atoms with Crippen molar-refractivity contribution in [2.24, 2.45) is 0 Å². The number of hydrogen-bond acceptors (Lipinski definition) is 5. The highest BCUT2D eigenvalue weighted by molar-refractivity contribution is 7.15. The van der Waals surface area contributed by atoms with Gasteiger partial charge in [-0.3, -0.25) is 5.32 Å². The molecule has 128 valence electrons. The van der Waals surface area contributed by atoms with Gasteiger partial charge in [0.1, 0.15) is 10.8 Å². The van der Waals surface area contributed by atoms with Crippen molar-refractivity contribution in [1.29, 1.82) is 0 Å². The standard InChI is InChI=1S/C16H20FN5OS/c1-22(2)13(11-4-3-5-12(17)8-11)9-18-15(23)19-16-21-20-14(24-16)10-6-7-10/h3-5,8,10,13H,6-7,9H2,1-2H3,(H2,18,19,21,23)/t13-/m0/s1. The lowest BCUT2D eigenvalue weighted by Crippen LogP contribution is -2.36. The Labute approximate surface area is 144 Å². The van der Waals surface area contributed by atoms with Crippen LogP contribution >= 0.6 is 11.3 Å². The van der Waals surface area contributed by atoms with Crippen molar-refractivity contribution in [2.75, 3.05) is 26.0 Å². The summed E-state index contributed by atoms with van der Waals surface area (Å²) in [7, 11) is 3.78. The molecule has 1 heterocycles. The SMILES string of the molecule is CN(C)[C@@H](CNC(=O)Nc1nnc(C2CC2)s1)c1cccc(F)c1. The van der Waals surface area contributed by atoms with Crippen molar-refractivity contribution in [3.05, 3.63) is 40.7 Å². The summed E-state index contributed by atoms with van der Waals surface area (Å²) in [6, 6.07) is 5.95. The number of anilines is 1. The lowest BCUT2D eigenvalue weighted by atomic mass is 10.1. The van der Waals surface area contributed by atoms with Crippen LogP contribution in [-0.2, 0) is 0 Å². The fourth-order valence-electron chi connectivity index (χ4n) is 2.42. The molecule has 0 aliphatic heterocycles. The first kappa shape index (κ1) is 16.8. The molecule has 1 atom stereocenters. The van der Waals surface area contributed by atoms with E-state index in [2.05, 4.69) is 20.8 Å². The number of nitrogens with one attached hydrogen (secondary N) is 2. The lowest BCUT2D eigenvalue weighted by Gasteiger charge is -2.25. The number of carbonyl (C=O) groups excluding carboxylic acids is 1. The van der Waals surface area contributed by atoms with E-state index in [4.69, 9.17) is 0 Å². The van der Waals surface area contributed by atoms with Gasteiger partial charge in [-0.05, 0) is 44.6 Å². The van der Waals surface area contributed by atoms with Gasteiger partial charge in [0.2, 0.25) is 5.13 Å². The molecule has 24 heavy (non-hydrogen) atoms. The Morgan fingerprint density at radius 2 is 2.21 bits per heavy atom. The van der Waals surface area contributed by atoms with Crippen LogP contribution in [0.15, 0.2) is 24.3 Å². The molecule has 0 spiro atoms. The first-order chi connectivity index (χ1) is 11.5. The molecule has 1 fully saturated rings.